The van der Waals surface area contributed by atoms with Gasteiger partial charge in [0.1, 0.15) is 5.60 Å². The molecular weight excluding hydrogens is 338 g/mol. The Balaban J connectivity index is 1.45. The molecule has 5 nitrogen and oxygen atoms in total. The van der Waals surface area contributed by atoms with Crippen LogP contribution in [0.4, 0.5) is 0 Å². The van der Waals surface area contributed by atoms with Crippen molar-refractivity contribution < 1.29 is 9.47 Å². The number of ether oxygens (including phenoxy) is 2. The van der Waals surface area contributed by atoms with Crippen molar-refractivity contribution in [2.45, 2.75) is 51.8 Å². The fourth-order valence-corrected chi connectivity index (χ4v) is 4.20. The summed E-state index contributed by atoms with van der Waals surface area (Å²) in [4.78, 5) is 9.34. The normalized spacial score (nSPS) is 22.0. The molecule has 0 spiro atoms. The van der Waals surface area contributed by atoms with Crippen LogP contribution in [-0.2, 0) is 6.54 Å². The molecule has 3 heterocycles. The number of fused-ring (bicyclic) bond motifs is 1. The first-order chi connectivity index (χ1) is 13.0. The van der Waals surface area contributed by atoms with Crippen molar-refractivity contribution in [3.63, 3.8) is 0 Å². The zero-order valence-electron chi connectivity index (χ0n) is 16.8. The molecule has 0 saturated carbocycles. The van der Waals surface area contributed by atoms with Gasteiger partial charge in [0.05, 0.1) is 19.5 Å². The third-order valence-electron chi connectivity index (χ3n) is 5.62. The summed E-state index contributed by atoms with van der Waals surface area (Å²) in [6.45, 7) is 12.1. The Kier molecular flexibility index (Phi) is 5.13. The highest BCUT2D eigenvalue weighted by atomic mass is 16.5. The number of benzene rings is 1. The second-order valence-corrected chi connectivity index (χ2v) is 8.25. The highest BCUT2D eigenvalue weighted by Gasteiger charge is 2.27. The van der Waals surface area contributed by atoms with E-state index in [1.807, 2.05) is 13.3 Å². The van der Waals surface area contributed by atoms with Gasteiger partial charge in [-0.1, -0.05) is 6.08 Å². The van der Waals surface area contributed by atoms with Gasteiger partial charge in [-0.25, -0.2) is 0 Å². The topological polar surface area (TPSA) is 37.3 Å². The van der Waals surface area contributed by atoms with Crippen molar-refractivity contribution in [3.8, 4) is 11.5 Å². The summed E-state index contributed by atoms with van der Waals surface area (Å²) >= 11 is 0. The smallest absolute Gasteiger partial charge is 0.169 e. The van der Waals surface area contributed by atoms with Crippen LogP contribution < -0.4 is 9.47 Å². The molecule has 1 aromatic rings. The Labute approximate surface area is 162 Å². The molecule has 0 radical (unpaired) electrons. The molecule has 1 aromatic carbocycles. The predicted octanol–water partition coefficient (Wildman–Crippen LogP) is 3.58. The number of likely N-dealkylation sites (tertiary alicyclic amines) is 1. The van der Waals surface area contributed by atoms with Gasteiger partial charge in [0, 0.05) is 37.8 Å². The number of nitrogens with zero attached hydrogens (tertiary/aromatic N) is 3. The fraction of sp³-hybridized carbons (Fsp3) is 0.591. The average molecular weight is 370 g/mol. The highest BCUT2D eigenvalue weighted by Crippen LogP contribution is 2.40. The molecule has 3 aliphatic rings. The van der Waals surface area contributed by atoms with Gasteiger partial charge in [0.25, 0.3) is 0 Å². The predicted molar refractivity (Wildman–Crippen MR) is 110 cm³/mol. The second kappa shape index (κ2) is 7.55. The van der Waals surface area contributed by atoms with Crippen LogP contribution in [0.2, 0.25) is 0 Å². The van der Waals surface area contributed by atoms with E-state index in [2.05, 4.69) is 52.9 Å². The summed E-state index contributed by atoms with van der Waals surface area (Å²) in [5.74, 6) is 1.74. The first-order valence-electron chi connectivity index (χ1n) is 10.2. The van der Waals surface area contributed by atoms with Gasteiger partial charge in [-0.05, 0) is 57.4 Å². The largest absolute Gasteiger partial charge is 0.490 e. The number of hydrogen-bond acceptors (Lipinski definition) is 5. The van der Waals surface area contributed by atoms with E-state index < -0.39 is 0 Å². The molecule has 0 atom stereocenters. The van der Waals surface area contributed by atoms with Crippen molar-refractivity contribution in [2.24, 2.45) is 4.99 Å². The highest BCUT2D eigenvalue weighted by molar-refractivity contribution is 5.66. The van der Waals surface area contributed by atoms with Crippen molar-refractivity contribution in [1.29, 1.82) is 0 Å². The van der Waals surface area contributed by atoms with Gasteiger partial charge in [0.2, 0.25) is 0 Å². The molecule has 1 fully saturated rings. The van der Waals surface area contributed by atoms with E-state index in [0.717, 1.165) is 49.8 Å². The van der Waals surface area contributed by atoms with Crippen LogP contribution in [0.5, 0.6) is 11.5 Å². The number of aliphatic imine (C=N–C) groups is 1. The zero-order chi connectivity index (χ0) is 18.9. The molecule has 27 heavy (non-hydrogen) atoms. The monoisotopic (exact) mass is 369 g/mol. The van der Waals surface area contributed by atoms with Gasteiger partial charge < -0.3 is 14.4 Å². The van der Waals surface area contributed by atoms with Crippen molar-refractivity contribution in [3.05, 3.63) is 29.3 Å². The number of piperidine rings is 1. The summed E-state index contributed by atoms with van der Waals surface area (Å²) in [7, 11) is 0. The van der Waals surface area contributed by atoms with Gasteiger partial charge in [-0.2, -0.15) is 0 Å². The van der Waals surface area contributed by atoms with E-state index in [-0.39, 0.29) is 5.60 Å². The molecule has 0 bridgehead atoms. The molecule has 0 amide bonds. The Morgan fingerprint density at radius 2 is 2.04 bits per heavy atom. The van der Waals surface area contributed by atoms with Crippen LogP contribution in [0, 0.1) is 0 Å². The summed E-state index contributed by atoms with van der Waals surface area (Å²) in [5, 5.41) is 0. The Bertz CT molecular complexity index is 733. The molecule has 0 unspecified atom stereocenters. The molecule has 4 rings (SSSR count). The van der Waals surface area contributed by atoms with Crippen LogP contribution in [-0.4, -0.2) is 60.6 Å². The maximum atomic E-state index is 6.18. The molecular formula is C22H31N3O2. The third kappa shape index (κ3) is 4.13. The van der Waals surface area contributed by atoms with Crippen LogP contribution in [0.25, 0.3) is 6.08 Å². The number of rotatable bonds is 5. The van der Waals surface area contributed by atoms with E-state index in [4.69, 9.17) is 9.47 Å². The maximum absolute atomic E-state index is 6.18. The van der Waals surface area contributed by atoms with Gasteiger partial charge in [-0.15, -0.1) is 0 Å². The van der Waals surface area contributed by atoms with E-state index in [9.17, 15) is 0 Å². The second-order valence-electron chi connectivity index (χ2n) is 8.25. The molecule has 146 valence electrons. The van der Waals surface area contributed by atoms with Crippen molar-refractivity contribution >= 4 is 12.4 Å². The van der Waals surface area contributed by atoms with Crippen LogP contribution >= 0.6 is 0 Å². The lowest BCUT2D eigenvalue weighted by Crippen LogP contribution is -2.43. The Morgan fingerprint density at radius 1 is 1.22 bits per heavy atom. The molecule has 1 saturated heterocycles. The standard InChI is InChI=1S/C22H31N3O2/c1-4-26-20-14-17(13-18-5-8-22(2,3)27-21(18)20)15-24-10-6-19(7-11-24)25-12-9-23-16-25/h5,8,13-14,16,19H,4,6-7,9-12,15H2,1-3H3. The van der Waals surface area contributed by atoms with E-state index >= 15 is 0 Å². The zero-order valence-corrected chi connectivity index (χ0v) is 16.8. The first kappa shape index (κ1) is 18.4. The minimum Gasteiger partial charge on any atom is -0.490 e. The summed E-state index contributed by atoms with van der Waals surface area (Å²) in [5.41, 5.74) is 2.13. The lowest BCUT2D eigenvalue weighted by atomic mass is 9.99. The van der Waals surface area contributed by atoms with Gasteiger partial charge in [-0.3, -0.25) is 9.89 Å². The molecule has 3 aliphatic heterocycles. The Hall–Kier alpha value is -2.01. The van der Waals surface area contributed by atoms with Crippen LogP contribution in [0.3, 0.4) is 0 Å². The maximum Gasteiger partial charge on any atom is 0.169 e. The lowest BCUT2D eigenvalue weighted by molar-refractivity contribution is 0.148. The first-order valence-corrected chi connectivity index (χ1v) is 10.2. The summed E-state index contributed by atoms with van der Waals surface area (Å²) in [6.07, 6.45) is 8.77. The quantitative estimate of drug-likeness (QED) is 0.795. The van der Waals surface area contributed by atoms with Gasteiger partial charge in [0.15, 0.2) is 11.5 Å². The van der Waals surface area contributed by atoms with Crippen LogP contribution in [0.15, 0.2) is 23.2 Å². The fourth-order valence-electron chi connectivity index (χ4n) is 4.20. The van der Waals surface area contributed by atoms with E-state index in [1.54, 1.807) is 0 Å². The molecule has 0 N–H and O–H groups in total. The van der Waals surface area contributed by atoms with Crippen LogP contribution in [0.1, 0.15) is 44.7 Å². The average Bonchev–Trinajstić information content (AvgIpc) is 3.17. The molecule has 0 aromatic heterocycles. The summed E-state index contributed by atoms with van der Waals surface area (Å²) < 4.78 is 12.1. The van der Waals surface area contributed by atoms with E-state index in [0.29, 0.717) is 12.6 Å². The summed E-state index contributed by atoms with van der Waals surface area (Å²) in [6, 6.07) is 5.08. The molecule has 0 aliphatic carbocycles. The van der Waals surface area contributed by atoms with Gasteiger partial charge >= 0.3 is 0 Å². The SMILES string of the molecule is CCOc1cc(CN2CCC(N3C=NCC3)CC2)cc2c1OC(C)(C)C=C2. The van der Waals surface area contributed by atoms with Crippen molar-refractivity contribution in [2.75, 3.05) is 32.8 Å². The number of hydrogen-bond donors (Lipinski definition) is 0. The minimum atomic E-state index is -0.291. The van der Waals surface area contributed by atoms with E-state index in [1.165, 1.54) is 18.4 Å². The minimum absolute atomic E-state index is 0.291. The van der Waals surface area contributed by atoms with Crippen molar-refractivity contribution in [1.82, 2.24) is 9.80 Å². The Morgan fingerprint density at radius 3 is 2.74 bits per heavy atom. The lowest BCUT2D eigenvalue weighted by Gasteiger charge is -2.36. The molecule has 5 heteroatoms. The third-order valence-corrected chi connectivity index (χ3v) is 5.62.